The second-order valence-electron chi connectivity index (χ2n) is 8.86. The summed E-state index contributed by atoms with van der Waals surface area (Å²) in [4.78, 5) is 12.6. The van der Waals surface area contributed by atoms with E-state index in [0.29, 0.717) is 5.92 Å². The van der Waals surface area contributed by atoms with Crippen molar-refractivity contribution in [3.05, 3.63) is 34.9 Å². The summed E-state index contributed by atoms with van der Waals surface area (Å²) in [6, 6.07) is 6.82. The molecule has 25 heavy (non-hydrogen) atoms. The molecule has 1 aromatic rings. The van der Waals surface area contributed by atoms with Gasteiger partial charge in [-0.3, -0.25) is 4.79 Å². The smallest absolute Gasteiger partial charge is 0.311 e. The van der Waals surface area contributed by atoms with E-state index in [9.17, 15) is 4.79 Å². The Morgan fingerprint density at radius 3 is 2.56 bits per heavy atom. The fourth-order valence-electron chi connectivity index (χ4n) is 5.46. The van der Waals surface area contributed by atoms with Crippen molar-refractivity contribution in [2.75, 3.05) is 14.2 Å². The summed E-state index contributed by atoms with van der Waals surface area (Å²) < 4.78 is 10.9. The van der Waals surface area contributed by atoms with Crippen LogP contribution in [-0.2, 0) is 31.7 Å². The quantitative estimate of drug-likeness (QED) is 0.742. The van der Waals surface area contributed by atoms with Crippen molar-refractivity contribution in [2.45, 2.75) is 70.8 Å². The number of esters is 1. The van der Waals surface area contributed by atoms with E-state index in [1.54, 1.807) is 7.11 Å². The molecule has 2 aliphatic carbocycles. The van der Waals surface area contributed by atoms with Crippen LogP contribution >= 0.6 is 0 Å². The number of rotatable bonds is 3. The van der Waals surface area contributed by atoms with Crippen LogP contribution in [0.5, 0.6) is 0 Å². The van der Waals surface area contributed by atoms with Crippen LogP contribution in [0.25, 0.3) is 0 Å². The van der Waals surface area contributed by atoms with Crippen molar-refractivity contribution < 1.29 is 14.3 Å². The lowest BCUT2D eigenvalue weighted by molar-refractivity contribution is -0.161. The number of ether oxygens (including phenoxy) is 2. The Labute approximate surface area is 152 Å². The Morgan fingerprint density at radius 2 is 1.92 bits per heavy atom. The standard InChI is InChI=1S/C22H32O3/c1-20(2,25-6)16-9-10-17-15(14-16)8-11-18-21(17,3)12-7-13-22(18,4)19(23)24-5/h9-10,14,18H,7-8,11-13H2,1-6H3/t18-,21-,22-/m1/s1. The maximum atomic E-state index is 12.6. The first-order chi connectivity index (χ1) is 11.7. The Balaban J connectivity index is 2.05. The van der Waals surface area contributed by atoms with Crippen LogP contribution < -0.4 is 0 Å². The van der Waals surface area contributed by atoms with Gasteiger partial charge in [0.2, 0.25) is 0 Å². The number of methoxy groups -OCH3 is 2. The lowest BCUT2D eigenvalue weighted by atomic mass is 9.49. The SMILES string of the molecule is COC(=O)[C@]1(C)CCC[C@]2(C)c3ccc(C(C)(C)OC)cc3CC[C@@H]12. The molecular weight excluding hydrogens is 312 g/mol. The number of carbonyl (C=O) groups is 1. The minimum atomic E-state index is -0.371. The van der Waals surface area contributed by atoms with Gasteiger partial charge < -0.3 is 9.47 Å². The first kappa shape index (κ1) is 18.4. The van der Waals surface area contributed by atoms with Crippen molar-refractivity contribution in [3.8, 4) is 0 Å². The van der Waals surface area contributed by atoms with Crippen LogP contribution in [0.4, 0.5) is 0 Å². The van der Waals surface area contributed by atoms with Gasteiger partial charge >= 0.3 is 5.97 Å². The molecule has 3 atom stereocenters. The highest BCUT2D eigenvalue weighted by atomic mass is 16.5. The van der Waals surface area contributed by atoms with Crippen LogP contribution in [0.1, 0.15) is 70.1 Å². The highest BCUT2D eigenvalue weighted by molar-refractivity contribution is 5.77. The predicted molar refractivity (Wildman–Crippen MR) is 99.6 cm³/mol. The Morgan fingerprint density at radius 1 is 1.20 bits per heavy atom. The lowest BCUT2D eigenvalue weighted by Crippen LogP contribution is -2.52. The molecule has 1 saturated carbocycles. The zero-order valence-corrected chi connectivity index (χ0v) is 16.6. The second-order valence-corrected chi connectivity index (χ2v) is 8.86. The van der Waals surface area contributed by atoms with Gasteiger partial charge in [0.15, 0.2) is 0 Å². The monoisotopic (exact) mass is 344 g/mol. The van der Waals surface area contributed by atoms with Gasteiger partial charge in [0.1, 0.15) is 0 Å². The van der Waals surface area contributed by atoms with Gasteiger partial charge in [0.05, 0.1) is 18.1 Å². The predicted octanol–water partition coefficient (Wildman–Crippen LogP) is 4.75. The average molecular weight is 344 g/mol. The second kappa shape index (κ2) is 6.12. The van der Waals surface area contributed by atoms with Gasteiger partial charge in [-0.15, -0.1) is 0 Å². The van der Waals surface area contributed by atoms with Crippen molar-refractivity contribution in [3.63, 3.8) is 0 Å². The molecule has 0 saturated heterocycles. The summed E-state index contributed by atoms with van der Waals surface area (Å²) in [6.07, 6.45) is 5.22. The maximum Gasteiger partial charge on any atom is 0.311 e. The molecule has 0 aromatic heterocycles. The van der Waals surface area contributed by atoms with Crippen molar-refractivity contribution in [2.24, 2.45) is 11.3 Å². The molecule has 1 fully saturated rings. The molecule has 2 aliphatic rings. The highest BCUT2D eigenvalue weighted by Gasteiger charge is 2.55. The third-order valence-corrected chi connectivity index (χ3v) is 7.21. The summed E-state index contributed by atoms with van der Waals surface area (Å²) in [7, 11) is 3.29. The lowest BCUT2D eigenvalue weighted by Gasteiger charge is -2.54. The fraction of sp³-hybridized carbons (Fsp3) is 0.682. The minimum absolute atomic E-state index is 0.0380. The molecule has 3 heteroatoms. The third kappa shape index (κ3) is 2.71. The fourth-order valence-corrected chi connectivity index (χ4v) is 5.46. The number of hydrogen-bond donors (Lipinski definition) is 0. The molecule has 3 nitrogen and oxygen atoms in total. The first-order valence-electron chi connectivity index (χ1n) is 9.46. The van der Waals surface area contributed by atoms with E-state index >= 15 is 0 Å². The number of aryl methyl sites for hydroxylation is 1. The summed E-state index contributed by atoms with van der Waals surface area (Å²) >= 11 is 0. The molecule has 3 rings (SSSR count). The topological polar surface area (TPSA) is 35.5 Å². The normalized spacial score (nSPS) is 31.8. The molecule has 0 N–H and O–H groups in total. The Kier molecular flexibility index (Phi) is 4.51. The third-order valence-electron chi connectivity index (χ3n) is 7.21. The van der Waals surface area contributed by atoms with E-state index in [1.807, 2.05) is 0 Å². The molecular formula is C22H32O3. The van der Waals surface area contributed by atoms with E-state index in [0.717, 1.165) is 32.1 Å². The highest BCUT2D eigenvalue weighted by Crippen LogP contribution is 2.57. The molecule has 138 valence electrons. The van der Waals surface area contributed by atoms with Gasteiger partial charge in [-0.2, -0.15) is 0 Å². The molecule has 0 amide bonds. The van der Waals surface area contributed by atoms with Crippen LogP contribution in [0.2, 0.25) is 0 Å². The van der Waals surface area contributed by atoms with E-state index in [-0.39, 0.29) is 22.4 Å². The molecule has 0 heterocycles. The Hall–Kier alpha value is -1.35. The van der Waals surface area contributed by atoms with Crippen molar-refractivity contribution in [1.82, 2.24) is 0 Å². The van der Waals surface area contributed by atoms with Crippen LogP contribution in [0.15, 0.2) is 18.2 Å². The summed E-state index contributed by atoms with van der Waals surface area (Å²) in [6.45, 7) is 8.69. The number of fused-ring (bicyclic) bond motifs is 3. The van der Waals surface area contributed by atoms with E-state index in [2.05, 4.69) is 45.9 Å². The van der Waals surface area contributed by atoms with Crippen molar-refractivity contribution in [1.29, 1.82) is 0 Å². The maximum absolute atomic E-state index is 12.6. The number of hydrogen-bond acceptors (Lipinski definition) is 3. The zero-order chi connectivity index (χ0) is 18.5. The van der Waals surface area contributed by atoms with E-state index in [4.69, 9.17) is 9.47 Å². The first-order valence-corrected chi connectivity index (χ1v) is 9.46. The number of benzene rings is 1. The van der Waals surface area contributed by atoms with Gasteiger partial charge in [0.25, 0.3) is 0 Å². The molecule has 0 radical (unpaired) electrons. The van der Waals surface area contributed by atoms with Gasteiger partial charge in [0, 0.05) is 7.11 Å². The van der Waals surface area contributed by atoms with Crippen molar-refractivity contribution >= 4 is 5.97 Å². The molecule has 0 spiro atoms. The van der Waals surface area contributed by atoms with E-state index < -0.39 is 0 Å². The minimum Gasteiger partial charge on any atom is -0.469 e. The molecule has 0 bridgehead atoms. The van der Waals surface area contributed by atoms with Crippen LogP contribution in [0.3, 0.4) is 0 Å². The molecule has 1 aromatic carbocycles. The van der Waals surface area contributed by atoms with Gasteiger partial charge in [-0.1, -0.05) is 31.5 Å². The van der Waals surface area contributed by atoms with Crippen LogP contribution in [0, 0.1) is 11.3 Å². The number of carbonyl (C=O) groups excluding carboxylic acids is 1. The van der Waals surface area contributed by atoms with Gasteiger partial charge in [-0.05, 0) is 74.5 Å². The summed E-state index contributed by atoms with van der Waals surface area (Å²) in [5, 5.41) is 0. The van der Waals surface area contributed by atoms with Crippen LogP contribution in [-0.4, -0.2) is 20.2 Å². The summed E-state index contributed by atoms with van der Waals surface area (Å²) in [5.74, 6) is 0.305. The Bertz CT molecular complexity index is 678. The van der Waals surface area contributed by atoms with Gasteiger partial charge in [-0.25, -0.2) is 0 Å². The average Bonchev–Trinajstić information content (AvgIpc) is 2.60. The summed E-state index contributed by atoms with van der Waals surface area (Å²) in [5.41, 5.74) is 3.47. The largest absolute Gasteiger partial charge is 0.469 e. The molecule has 0 aliphatic heterocycles. The molecule has 0 unspecified atom stereocenters. The van der Waals surface area contributed by atoms with E-state index in [1.165, 1.54) is 23.8 Å². The zero-order valence-electron chi connectivity index (χ0n) is 16.6.